The fraction of sp³-hybridized carbons (Fsp3) is 0.519. The highest BCUT2D eigenvalue weighted by molar-refractivity contribution is 5.90. The van der Waals surface area contributed by atoms with Crippen molar-refractivity contribution in [2.75, 3.05) is 56.7 Å². The molecule has 0 atom stereocenters. The summed E-state index contributed by atoms with van der Waals surface area (Å²) < 4.78 is 11.5. The van der Waals surface area contributed by atoms with Crippen LogP contribution in [-0.2, 0) is 0 Å². The molecule has 0 unspecified atom stereocenters. The number of hydrogen-bond donors (Lipinski definition) is 1. The first-order chi connectivity index (χ1) is 16.3. The van der Waals surface area contributed by atoms with Crippen LogP contribution in [0.2, 0.25) is 0 Å². The van der Waals surface area contributed by atoms with E-state index in [9.17, 15) is 4.79 Å². The lowest BCUT2D eigenvalue weighted by Gasteiger charge is -2.36. The summed E-state index contributed by atoms with van der Waals surface area (Å²) in [5.41, 5.74) is 3.16. The molecular weight excluding hydrogens is 428 g/mol. The van der Waals surface area contributed by atoms with Gasteiger partial charge in [-0.2, -0.15) is 0 Å². The Balaban J connectivity index is 1.55. The average Bonchev–Trinajstić information content (AvgIpc) is 2.82. The summed E-state index contributed by atoms with van der Waals surface area (Å²) in [4.78, 5) is 19.5. The molecule has 1 fully saturated rings. The van der Waals surface area contributed by atoms with E-state index < -0.39 is 0 Å². The molecular formula is C27H40N4O3. The first kappa shape index (κ1) is 25.7. The van der Waals surface area contributed by atoms with E-state index in [4.69, 9.17) is 9.47 Å². The maximum Gasteiger partial charge on any atom is 0.321 e. The van der Waals surface area contributed by atoms with Crippen LogP contribution in [0, 0.1) is 6.92 Å². The molecule has 0 aromatic heterocycles. The van der Waals surface area contributed by atoms with Crippen molar-refractivity contribution in [1.29, 1.82) is 0 Å². The van der Waals surface area contributed by atoms with Crippen LogP contribution in [-0.4, -0.2) is 74.4 Å². The molecule has 1 aliphatic rings. The first-order valence-corrected chi connectivity index (χ1v) is 12.2. The minimum atomic E-state index is -0.0922. The quantitative estimate of drug-likeness (QED) is 0.570. The van der Waals surface area contributed by atoms with Gasteiger partial charge in [0.15, 0.2) is 11.5 Å². The summed E-state index contributed by atoms with van der Waals surface area (Å²) in [5.74, 6) is 1.29. The number of carbonyl (C=O) groups is 1. The molecule has 1 N–H and O–H groups in total. The fourth-order valence-electron chi connectivity index (χ4n) is 4.37. The number of hydrogen-bond acceptors (Lipinski definition) is 5. The number of aryl methyl sites for hydroxylation is 1. The van der Waals surface area contributed by atoms with Gasteiger partial charge in [-0.25, -0.2) is 4.79 Å². The largest absolute Gasteiger partial charge is 0.493 e. The van der Waals surface area contributed by atoms with E-state index in [-0.39, 0.29) is 6.03 Å². The molecule has 1 heterocycles. The van der Waals surface area contributed by atoms with Crippen LogP contribution in [0.4, 0.5) is 16.2 Å². The predicted octanol–water partition coefficient (Wildman–Crippen LogP) is 4.86. The second-order valence-electron chi connectivity index (χ2n) is 9.38. The molecule has 2 aromatic rings. The van der Waals surface area contributed by atoms with E-state index in [1.165, 1.54) is 11.3 Å². The average molecular weight is 469 g/mol. The number of piperazine rings is 1. The number of anilines is 2. The Morgan fingerprint density at radius 3 is 2.21 bits per heavy atom. The number of methoxy groups -OCH3 is 1. The maximum absolute atomic E-state index is 12.9. The van der Waals surface area contributed by atoms with Gasteiger partial charge >= 0.3 is 6.03 Å². The first-order valence-electron chi connectivity index (χ1n) is 12.2. The van der Waals surface area contributed by atoms with Crippen LogP contribution in [0.25, 0.3) is 0 Å². The zero-order valence-corrected chi connectivity index (χ0v) is 21.5. The van der Waals surface area contributed by atoms with Crippen molar-refractivity contribution in [2.45, 2.75) is 46.7 Å². The van der Waals surface area contributed by atoms with Crippen molar-refractivity contribution >= 4 is 17.4 Å². The number of amides is 2. The predicted molar refractivity (Wildman–Crippen MR) is 139 cm³/mol. The van der Waals surface area contributed by atoms with Gasteiger partial charge in [0.2, 0.25) is 0 Å². The lowest BCUT2D eigenvalue weighted by molar-refractivity contribution is 0.140. The smallest absolute Gasteiger partial charge is 0.321 e. The van der Waals surface area contributed by atoms with Crippen molar-refractivity contribution in [3.63, 3.8) is 0 Å². The third kappa shape index (κ3) is 6.79. The van der Waals surface area contributed by atoms with Crippen LogP contribution in [0.3, 0.4) is 0 Å². The van der Waals surface area contributed by atoms with Crippen molar-refractivity contribution in [2.24, 2.45) is 0 Å². The normalized spacial score (nSPS) is 14.1. The summed E-state index contributed by atoms with van der Waals surface area (Å²) in [5, 5.41) is 3.02. The number of rotatable bonds is 9. The van der Waals surface area contributed by atoms with E-state index in [0.717, 1.165) is 19.6 Å². The van der Waals surface area contributed by atoms with Crippen LogP contribution in [0.15, 0.2) is 42.5 Å². The molecule has 34 heavy (non-hydrogen) atoms. The Morgan fingerprint density at radius 1 is 0.971 bits per heavy atom. The minimum absolute atomic E-state index is 0.0922. The van der Waals surface area contributed by atoms with Gasteiger partial charge in [0.25, 0.3) is 0 Å². The Morgan fingerprint density at radius 2 is 1.62 bits per heavy atom. The minimum Gasteiger partial charge on any atom is -0.493 e. The summed E-state index contributed by atoms with van der Waals surface area (Å²) in [7, 11) is 1.63. The highest BCUT2D eigenvalue weighted by Crippen LogP contribution is 2.30. The van der Waals surface area contributed by atoms with Gasteiger partial charge in [0, 0.05) is 62.2 Å². The van der Waals surface area contributed by atoms with Crippen molar-refractivity contribution < 1.29 is 14.3 Å². The lowest BCUT2D eigenvalue weighted by atomic mass is 10.2. The van der Waals surface area contributed by atoms with Crippen molar-refractivity contribution in [1.82, 2.24) is 9.80 Å². The fourth-order valence-corrected chi connectivity index (χ4v) is 4.37. The van der Waals surface area contributed by atoms with E-state index in [0.29, 0.717) is 49.0 Å². The summed E-state index contributed by atoms with van der Waals surface area (Å²) >= 11 is 0. The molecule has 0 saturated carbocycles. The van der Waals surface area contributed by atoms with Crippen LogP contribution in [0.5, 0.6) is 11.5 Å². The maximum atomic E-state index is 12.9. The van der Waals surface area contributed by atoms with Crippen LogP contribution in [0.1, 0.15) is 33.3 Å². The molecule has 186 valence electrons. The van der Waals surface area contributed by atoms with Gasteiger partial charge in [-0.1, -0.05) is 17.7 Å². The number of nitrogens with one attached hydrogen (secondary N) is 1. The van der Waals surface area contributed by atoms with Gasteiger partial charge in [0.05, 0.1) is 7.11 Å². The Labute approximate surface area is 204 Å². The van der Waals surface area contributed by atoms with Crippen molar-refractivity contribution in [3.8, 4) is 11.5 Å². The molecule has 1 aliphatic heterocycles. The summed E-state index contributed by atoms with van der Waals surface area (Å²) in [6.45, 7) is 15.2. The second-order valence-corrected chi connectivity index (χ2v) is 9.38. The van der Waals surface area contributed by atoms with E-state index in [2.05, 4.69) is 74.0 Å². The van der Waals surface area contributed by atoms with E-state index in [1.807, 2.05) is 23.1 Å². The highest BCUT2D eigenvalue weighted by atomic mass is 16.5. The SMILES string of the molecule is COc1ccc(NC(=O)N2CCN(c3ccc(C)cc3)CC2)cc1OCCN(C(C)C)C(C)C. The number of benzene rings is 2. The molecule has 7 nitrogen and oxygen atoms in total. The molecule has 7 heteroatoms. The Kier molecular flexibility index (Phi) is 9.05. The third-order valence-electron chi connectivity index (χ3n) is 6.31. The monoisotopic (exact) mass is 468 g/mol. The topological polar surface area (TPSA) is 57.3 Å². The molecule has 2 amide bonds. The summed E-state index contributed by atoms with van der Waals surface area (Å²) in [6.07, 6.45) is 0. The molecule has 2 aromatic carbocycles. The Hall–Kier alpha value is -2.93. The Bertz CT molecular complexity index is 914. The molecule has 0 spiro atoms. The van der Waals surface area contributed by atoms with E-state index >= 15 is 0 Å². The van der Waals surface area contributed by atoms with Gasteiger partial charge in [-0.3, -0.25) is 4.90 Å². The molecule has 3 rings (SSSR count). The number of nitrogens with zero attached hydrogens (tertiary/aromatic N) is 3. The zero-order valence-electron chi connectivity index (χ0n) is 21.5. The van der Waals surface area contributed by atoms with E-state index in [1.54, 1.807) is 7.11 Å². The number of carbonyl (C=O) groups excluding carboxylic acids is 1. The standard InChI is InChI=1S/C27H40N4O3/c1-20(2)31(21(3)4)17-18-34-26-19-23(9-12-25(26)33-6)28-27(32)30-15-13-29(14-16-30)24-10-7-22(5)8-11-24/h7-12,19-21H,13-18H2,1-6H3,(H,28,32). The number of ether oxygens (including phenoxy) is 2. The number of urea groups is 1. The molecule has 1 saturated heterocycles. The molecule has 0 aliphatic carbocycles. The molecule has 0 bridgehead atoms. The van der Waals surface area contributed by atoms with Gasteiger partial charge in [-0.15, -0.1) is 0 Å². The van der Waals surface area contributed by atoms with Crippen molar-refractivity contribution in [3.05, 3.63) is 48.0 Å². The van der Waals surface area contributed by atoms with Gasteiger partial charge in [0.1, 0.15) is 6.61 Å². The lowest BCUT2D eigenvalue weighted by Crippen LogP contribution is -2.50. The zero-order chi connectivity index (χ0) is 24.7. The molecule has 0 radical (unpaired) electrons. The van der Waals surface area contributed by atoms with Crippen LogP contribution >= 0.6 is 0 Å². The summed E-state index contributed by atoms with van der Waals surface area (Å²) in [6, 6.07) is 14.9. The van der Waals surface area contributed by atoms with Crippen LogP contribution < -0.4 is 19.7 Å². The second kappa shape index (κ2) is 12.0. The highest BCUT2D eigenvalue weighted by Gasteiger charge is 2.22. The van der Waals surface area contributed by atoms with Gasteiger partial charge < -0.3 is 24.6 Å². The van der Waals surface area contributed by atoms with Gasteiger partial charge in [-0.05, 0) is 58.9 Å². The third-order valence-corrected chi connectivity index (χ3v) is 6.31.